The molecule has 2 fully saturated rings. The van der Waals surface area contributed by atoms with Gasteiger partial charge in [0.25, 0.3) is 15.6 Å². The molecule has 27 heavy (non-hydrogen) atoms. The van der Waals surface area contributed by atoms with Gasteiger partial charge in [0, 0.05) is 27.1 Å². The number of hydrogen-bond acceptors (Lipinski definition) is 11. The molecular formula is C14H26O11P2-2. The SMILES string of the molecule is COC[C@H]1O[C@@H](C)C[C@H]1OP(=O)([O-])OC[C@H]1O[C@@H](C)C[C@H]1OP(=O)([O-])OC. The molecule has 13 heteroatoms. The third kappa shape index (κ3) is 7.13. The average molecular weight is 432 g/mol. The van der Waals surface area contributed by atoms with Crippen molar-refractivity contribution in [3.63, 3.8) is 0 Å². The van der Waals surface area contributed by atoms with Crippen LogP contribution in [0.3, 0.4) is 0 Å². The summed E-state index contributed by atoms with van der Waals surface area (Å²) in [5.41, 5.74) is 0. The van der Waals surface area contributed by atoms with E-state index in [0.717, 1.165) is 7.11 Å². The first-order valence-electron chi connectivity index (χ1n) is 8.54. The van der Waals surface area contributed by atoms with E-state index in [-0.39, 0.29) is 25.2 Å². The van der Waals surface area contributed by atoms with Crippen LogP contribution in [-0.4, -0.2) is 64.1 Å². The lowest BCUT2D eigenvalue weighted by Gasteiger charge is -2.31. The van der Waals surface area contributed by atoms with Gasteiger partial charge in [0.1, 0.15) is 12.2 Å². The first-order chi connectivity index (χ1) is 12.5. The molecule has 0 aromatic carbocycles. The first kappa shape index (κ1) is 23.4. The Morgan fingerprint density at radius 1 is 0.889 bits per heavy atom. The largest absolute Gasteiger partial charge is 0.756 e. The van der Waals surface area contributed by atoms with Crippen molar-refractivity contribution in [1.82, 2.24) is 0 Å². The highest BCUT2D eigenvalue weighted by Gasteiger charge is 2.39. The summed E-state index contributed by atoms with van der Waals surface area (Å²) in [6.07, 6.45) is -2.96. The summed E-state index contributed by atoms with van der Waals surface area (Å²) >= 11 is 0. The van der Waals surface area contributed by atoms with Crippen LogP contribution in [0.25, 0.3) is 0 Å². The Morgan fingerprint density at radius 3 is 1.85 bits per heavy atom. The normalized spacial score (nSPS) is 38.6. The van der Waals surface area contributed by atoms with Crippen molar-refractivity contribution in [3.05, 3.63) is 0 Å². The molecule has 0 aromatic heterocycles. The molecule has 2 rings (SSSR count). The topological polar surface area (TPSA) is 145 Å². The molecule has 0 spiro atoms. The molecule has 2 heterocycles. The van der Waals surface area contributed by atoms with Crippen molar-refractivity contribution in [2.24, 2.45) is 0 Å². The second-order valence-corrected chi connectivity index (χ2v) is 9.39. The third-order valence-electron chi connectivity index (χ3n) is 4.25. The minimum atomic E-state index is -4.69. The van der Waals surface area contributed by atoms with Crippen molar-refractivity contribution in [3.8, 4) is 0 Å². The number of hydrogen-bond donors (Lipinski definition) is 0. The van der Waals surface area contributed by atoms with Crippen LogP contribution < -0.4 is 9.79 Å². The molecule has 0 radical (unpaired) electrons. The summed E-state index contributed by atoms with van der Waals surface area (Å²) in [6, 6.07) is 0. The van der Waals surface area contributed by atoms with Crippen molar-refractivity contribution in [1.29, 1.82) is 0 Å². The molecule has 160 valence electrons. The number of phosphoric acid groups is 2. The van der Waals surface area contributed by atoms with Crippen LogP contribution in [-0.2, 0) is 41.4 Å². The highest BCUT2D eigenvalue weighted by atomic mass is 31.2. The summed E-state index contributed by atoms with van der Waals surface area (Å²) < 4.78 is 58.9. The summed E-state index contributed by atoms with van der Waals surface area (Å²) in [5, 5.41) is 0. The fraction of sp³-hybridized carbons (Fsp3) is 1.00. The minimum absolute atomic E-state index is 0.174. The van der Waals surface area contributed by atoms with E-state index in [4.69, 9.17) is 27.8 Å². The number of phosphoric ester groups is 2. The molecule has 0 aliphatic carbocycles. The Hall–Kier alpha value is 0.1000. The number of methoxy groups -OCH3 is 1. The van der Waals surface area contributed by atoms with E-state index >= 15 is 0 Å². The van der Waals surface area contributed by atoms with Gasteiger partial charge in [-0.25, -0.2) is 0 Å². The molecule has 0 saturated carbocycles. The zero-order valence-corrected chi connectivity index (χ0v) is 17.5. The third-order valence-corrected chi connectivity index (χ3v) is 6.22. The van der Waals surface area contributed by atoms with E-state index in [1.807, 2.05) is 0 Å². The van der Waals surface area contributed by atoms with E-state index in [1.54, 1.807) is 13.8 Å². The number of rotatable bonds is 10. The standard InChI is InChI=1S/C14H28O11P2/c1-9-5-11(13(22-9)7-19-3)25-27(17,18)21-8-14-12(6-10(2)23-14)24-26(15,16)20-4/h9-14H,5-8H2,1-4H3,(H,15,16)(H,17,18)/p-2/t9-,10-,11+,12+,13+,14+/m0/s1. The lowest BCUT2D eigenvalue weighted by molar-refractivity contribution is -0.235. The second-order valence-electron chi connectivity index (χ2n) is 6.56. The molecule has 8 atom stereocenters. The van der Waals surface area contributed by atoms with Gasteiger partial charge in [0.2, 0.25) is 0 Å². The maximum atomic E-state index is 12.2. The Morgan fingerprint density at radius 2 is 1.37 bits per heavy atom. The quantitative estimate of drug-likeness (QED) is 0.441. The van der Waals surface area contributed by atoms with E-state index < -0.39 is 46.7 Å². The molecule has 11 nitrogen and oxygen atoms in total. The van der Waals surface area contributed by atoms with Crippen LogP contribution in [0, 0.1) is 0 Å². The summed E-state index contributed by atoms with van der Waals surface area (Å²) in [6.45, 7) is 3.25. The summed E-state index contributed by atoms with van der Waals surface area (Å²) in [5.74, 6) is 0. The average Bonchev–Trinajstić information content (AvgIpc) is 3.07. The molecule has 0 bridgehead atoms. The highest BCUT2D eigenvalue weighted by Crippen LogP contribution is 2.46. The molecule has 2 unspecified atom stereocenters. The molecule has 2 aliphatic rings. The van der Waals surface area contributed by atoms with E-state index in [1.165, 1.54) is 7.11 Å². The zero-order chi connectivity index (χ0) is 20.2. The Kier molecular flexibility index (Phi) is 8.43. The van der Waals surface area contributed by atoms with Crippen molar-refractivity contribution >= 4 is 15.6 Å². The van der Waals surface area contributed by atoms with Crippen molar-refractivity contribution in [2.75, 3.05) is 27.4 Å². The second kappa shape index (κ2) is 9.73. The summed E-state index contributed by atoms with van der Waals surface area (Å²) in [7, 11) is -6.73. The van der Waals surface area contributed by atoms with E-state index in [0.29, 0.717) is 6.42 Å². The zero-order valence-electron chi connectivity index (χ0n) is 15.7. The van der Waals surface area contributed by atoms with Crippen LogP contribution in [0.2, 0.25) is 0 Å². The fourth-order valence-corrected chi connectivity index (χ4v) is 4.67. The highest BCUT2D eigenvalue weighted by molar-refractivity contribution is 7.46. The van der Waals surface area contributed by atoms with Gasteiger partial charge < -0.3 is 42.1 Å². The molecule has 0 aromatic rings. The first-order valence-corrected chi connectivity index (χ1v) is 11.5. The predicted octanol–water partition coefficient (Wildman–Crippen LogP) is 0.358. The molecular weight excluding hydrogens is 406 g/mol. The van der Waals surface area contributed by atoms with Gasteiger partial charge >= 0.3 is 0 Å². The Bertz CT molecular complexity index is 573. The Balaban J connectivity index is 1.91. The predicted molar refractivity (Wildman–Crippen MR) is 87.7 cm³/mol. The van der Waals surface area contributed by atoms with Gasteiger partial charge in [0.05, 0.1) is 37.6 Å². The maximum Gasteiger partial charge on any atom is 0.268 e. The lowest BCUT2D eigenvalue weighted by atomic mass is 10.1. The van der Waals surface area contributed by atoms with E-state index in [2.05, 4.69) is 4.52 Å². The van der Waals surface area contributed by atoms with Crippen LogP contribution in [0.1, 0.15) is 26.7 Å². The van der Waals surface area contributed by atoms with Crippen LogP contribution in [0.4, 0.5) is 0 Å². The summed E-state index contributed by atoms with van der Waals surface area (Å²) in [4.78, 5) is 23.7. The molecule has 2 saturated heterocycles. The molecule has 0 N–H and O–H groups in total. The van der Waals surface area contributed by atoms with Gasteiger partial charge in [-0.2, -0.15) is 0 Å². The van der Waals surface area contributed by atoms with Crippen molar-refractivity contribution in [2.45, 2.75) is 63.3 Å². The maximum absolute atomic E-state index is 12.2. The van der Waals surface area contributed by atoms with Gasteiger partial charge in [0.15, 0.2) is 0 Å². The monoisotopic (exact) mass is 432 g/mol. The van der Waals surface area contributed by atoms with Gasteiger partial charge in [-0.3, -0.25) is 9.13 Å². The van der Waals surface area contributed by atoms with Gasteiger partial charge in [-0.1, -0.05) is 0 Å². The van der Waals surface area contributed by atoms with Crippen LogP contribution in [0.15, 0.2) is 0 Å². The van der Waals surface area contributed by atoms with Gasteiger partial charge in [-0.05, 0) is 13.8 Å². The van der Waals surface area contributed by atoms with Gasteiger partial charge in [-0.15, -0.1) is 0 Å². The van der Waals surface area contributed by atoms with Crippen LogP contribution in [0.5, 0.6) is 0 Å². The molecule has 0 amide bonds. The molecule has 2 aliphatic heterocycles. The van der Waals surface area contributed by atoms with Crippen LogP contribution >= 0.6 is 15.6 Å². The van der Waals surface area contributed by atoms with Crippen molar-refractivity contribution < 1.29 is 51.2 Å². The number of ether oxygens (including phenoxy) is 3. The Labute approximate surface area is 158 Å². The minimum Gasteiger partial charge on any atom is -0.756 e. The fourth-order valence-electron chi connectivity index (χ4n) is 3.09. The smallest absolute Gasteiger partial charge is 0.268 e. The lowest BCUT2D eigenvalue weighted by Crippen LogP contribution is -2.32. The van der Waals surface area contributed by atoms with E-state index in [9.17, 15) is 18.9 Å².